The predicted octanol–water partition coefficient (Wildman–Crippen LogP) is 1.71. The second-order valence-electron chi connectivity index (χ2n) is 6.07. The fraction of sp³-hybridized carbons (Fsp3) is 0.389. The van der Waals surface area contributed by atoms with Gasteiger partial charge < -0.3 is 14.2 Å². The summed E-state index contributed by atoms with van der Waals surface area (Å²) in [6, 6.07) is 10.8. The number of sulfonamides is 1. The maximum absolute atomic E-state index is 13.0. The van der Waals surface area contributed by atoms with E-state index < -0.39 is 10.0 Å². The lowest BCUT2D eigenvalue weighted by Gasteiger charge is -2.25. The van der Waals surface area contributed by atoms with Crippen molar-refractivity contribution >= 4 is 21.6 Å². The zero-order valence-corrected chi connectivity index (χ0v) is 15.8. The normalized spacial score (nSPS) is 15.8. The summed E-state index contributed by atoms with van der Waals surface area (Å²) >= 11 is 0. The van der Waals surface area contributed by atoms with Crippen molar-refractivity contribution in [3.05, 3.63) is 48.3 Å². The molecule has 1 aliphatic rings. The minimum absolute atomic E-state index is 0.134. The van der Waals surface area contributed by atoms with Crippen molar-refractivity contribution in [3.8, 4) is 0 Å². The molecule has 1 fully saturated rings. The number of carbonyl (C=O) groups is 1. The minimum Gasteiger partial charge on any atom is -0.379 e. The first-order valence-electron chi connectivity index (χ1n) is 8.56. The van der Waals surface area contributed by atoms with Crippen LogP contribution >= 0.6 is 0 Å². The SMILES string of the molecule is CCN(C(=O)c1cc(S(=O)(=O)N2CCOCC2)cn1C)c1ccccc1. The first-order chi connectivity index (χ1) is 12.4. The Morgan fingerprint density at radius 1 is 1.19 bits per heavy atom. The van der Waals surface area contributed by atoms with Crippen molar-refractivity contribution in [2.75, 3.05) is 37.7 Å². The molecule has 26 heavy (non-hydrogen) atoms. The number of carbonyl (C=O) groups excluding carboxylic acids is 1. The molecule has 1 aromatic heterocycles. The fourth-order valence-corrected chi connectivity index (χ4v) is 4.49. The number of aromatic nitrogens is 1. The van der Waals surface area contributed by atoms with Gasteiger partial charge in [0.1, 0.15) is 10.6 Å². The van der Waals surface area contributed by atoms with E-state index in [0.29, 0.717) is 38.5 Å². The lowest BCUT2D eigenvalue weighted by Crippen LogP contribution is -2.40. The van der Waals surface area contributed by atoms with Crippen LogP contribution in [0.1, 0.15) is 17.4 Å². The van der Waals surface area contributed by atoms with E-state index in [2.05, 4.69) is 0 Å². The van der Waals surface area contributed by atoms with Gasteiger partial charge in [0.2, 0.25) is 10.0 Å². The number of nitrogens with zero attached hydrogens (tertiary/aromatic N) is 3. The Labute approximate surface area is 153 Å². The highest BCUT2D eigenvalue weighted by atomic mass is 32.2. The largest absolute Gasteiger partial charge is 0.379 e. The van der Waals surface area contributed by atoms with Gasteiger partial charge in [-0.3, -0.25) is 4.79 Å². The summed E-state index contributed by atoms with van der Waals surface area (Å²) in [5.74, 6) is -0.232. The van der Waals surface area contributed by atoms with Gasteiger partial charge in [0.15, 0.2) is 0 Å². The number of rotatable bonds is 5. The molecule has 1 saturated heterocycles. The van der Waals surface area contributed by atoms with E-state index >= 15 is 0 Å². The van der Waals surface area contributed by atoms with Gasteiger partial charge in [0.25, 0.3) is 5.91 Å². The molecule has 0 saturated carbocycles. The van der Waals surface area contributed by atoms with Crippen LogP contribution in [0.2, 0.25) is 0 Å². The number of hydrogen-bond acceptors (Lipinski definition) is 4. The van der Waals surface area contributed by atoms with Crippen LogP contribution in [0.3, 0.4) is 0 Å². The molecule has 8 heteroatoms. The third-order valence-electron chi connectivity index (χ3n) is 4.44. The van der Waals surface area contributed by atoms with Crippen LogP contribution < -0.4 is 4.90 Å². The fourth-order valence-electron chi connectivity index (χ4n) is 3.01. The van der Waals surface area contributed by atoms with Crippen molar-refractivity contribution in [3.63, 3.8) is 0 Å². The first-order valence-corrected chi connectivity index (χ1v) is 10.0. The summed E-state index contributed by atoms with van der Waals surface area (Å²) in [6.07, 6.45) is 1.50. The molecule has 1 amide bonds. The summed E-state index contributed by atoms with van der Waals surface area (Å²) in [7, 11) is -1.95. The van der Waals surface area contributed by atoms with Crippen LogP contribution in [0.25, 0.3) is 0 Å². The molecule has 7 nitrogen and oxygen atoms in total. The second-order valence-corrected chi connectivity index (χ2v) is 8.01. The molecule has 1 aromatic carbocycles. The Bertz CT molecular complexity index is 871. The van der Waals surface area contributed by atoms with Crippen LogP contribution in [0.4, 0.5) is 5.69 Å². The number of hydrogen-bond donors (Lipinski definition) is 0. The van der Waals surface area contributed by atoms with Gasteiger partial charge in [-0.25, -0.2) is 8.42 Å². The first kappa shape index (κ1) is 18.6. The number of amides is 1. The average Bonchev–Trinajstić information content (AvgIpc) is 3.06. The van der Waals surface area contributed by atoms with Crippen molar-refractivity contribution in [2.24, 2.45) is 7.05 Å². The Balaban J connectivity index is 1.91. The van der Waals surface area contributed by atoms with E-state index in [4.69, 9.17) is 4.74 Å². The number of benzene rings is 1. The molecule has 0 unspecified atom stereocenters. The predicted molar refractivity (Wildman–Crippen MR) is 98.8 cm³/mol. The molecule has 0 atom stereocenters. The maximum atomic E-state index is 13.0. The molecule has 0 aliphatic carbocycles. The summed E-state index contributed by atoms with van der Waals surface area (Å²) < 4.78 is 33.8. The van der Waals surface area contributed by atoms with Crippen LogP contribution in [0, 0.1) is 0 Å². The summed E-state index contributed by atoms with van der Waals surface area (Å²) in [5.41, 5.74) is 1.11. The molecular formula is C18H23N3O4S. The van der Waals surface area contributed by atoms with Crippen LogP contribution in [-0.2, 0) is 21.8 Å². The van der Waals surface area contributed by atoms with Gasteiger partial charge in [-0.15, -0.1) is 0 Å². The quantitative estimate of drug-likeness (QED) is 0.795. The van der Waals surface area contributed by atoms with E-state index in [-0.39, 0.29) is 10.8 Å². The van der Waals surface area contributed by atoms with E-state index in [1.165, 1.54) is 16.6 Å². The van der Waals surface area contributed by atoms with Gasteiger partial charge in [0.05, 0.1) is 13.2 Å². The molecular weight excluding hydrogens is 354 g/mol. The van der Waals surface area contributed by atoms with E-state index in [1.54, 1.807) is 16.5 Å². The van der Waals surface area contributed by atoms with Crippen molar-refractivity contribution in [1.29, 1.82) is 0 Å². The van der Waals surface area contributed by atoms with Gasteiger partial charge in [-0.05, 0) is 25.1 Å². The standard InChI is InChI=1S/C18H23N3O4S/c1-3-21(15-7-5-4-6-8-15)18(22)17-13-16(14-19(17)2)26(23,24)20-9-11-25-12-10-20/h4-8,13-14H,3,9-12H2,1-2H3. The number of anilines is 1. The van der Waals surface area contributed by atoms with Crippen LogP contribution in [-0.4, -0.2) is 56.0 Å². The zero-order valence-electron chi connectivity index (χ0n) is 15.0. The van der Waals surface area contributed by atoms with Crippen molar-refractivity contribution < 1.29 is 17.9 Å². The topological polar surface area (TPSA) is 71.8 Å². The van der Waals surface area contributed by atoms with Crippen molar-refractivity contribution in [2.45, 2.75) is 11.8 Å². The van der Waals surface area contributed by atoms with E-state index in [9.17, 15) is 13.2 Å². The van der Waals surface area contributed by atoms with Crippen LogP contribution in [0.15, 0.2) is 47.5 Å². The molecule has 2 heterocycles. The minimum atomic E-state index is -3.63. The second kappa shape index (κ2) is 7.61. The summed E-state index contributed by atoms with van der Waals surface area (Å²) in [4.78, 5) is 14.7. The zero-order chi connectivity index (χ0) is 18.7. The van der Waals surface area contributed by atoms with Crippen LogP contribution in [0.5, 0.6) is 0 Å². The monoisotopic (exact) mass is 377 g/mol. The van der Waals surface area contributed by atoms with Gasteiger partial charge in [-0.2, -0.15) is 4.31 Å². The smallest absolute Gasteiger partial charge is 0.274 e. The average molecular weight is 377 g/mol. The number of para-hydroxylation sites is 1. The summed E-state index contributed by atoms with van der Waals surface area (Å²) in [6.45, 7) is 3.79. The maximum Gasteiger partial charge on any atom is 0.274 e. The third kappa shape index (κ3) is 3.53. The van der Waals surface area contributed by atoms with Gasteiger partial charge in [-0.1, -0.05) is 18.2 Å². The van der Waals surface area contributed by atoms with E-state index in [0.717, 1.165) is 5.69 Å². The molecule has 2 aromatic rings. The third-order valence-corrected chi connectivity index (χ3v) is 6.30. The highest BCUT2D eigenvalue weighted by molar-refractivity contribution is 7.89. The molecule has 0 N–H and O–H groups in total. The Morgan fingerprint density at radius 2 is 1.85 bits per heavy atom. The Hall–Kier alpha value is -2.16. The number of aryl methyl sites for hydroxylation is 1. The number of ether oxygens (including phenoxy) is 1. The number of morpholine rings is 1. The summed E-state index contributed by atoms with van der Waals surface area (Å²) in [5, 5.41) is 0. The molecule has 140 valence electrons. The lowest BCUT2D eigenvalue weighted by molar-refractivity contribution is 0.0730. The molecule has 0 radical (unpaired) electrons. The Kier molecular flexibility index (Phi) is 5.45. The van der Waals surface area contributed by atoms with Gasteiger partial charge >= 0.3 is 0 Å². The molecule has 1 aliphatic heterocycles. The highest BCUT2D eigenvalue weighted by Crippen LogP contribution is 2.22. The van der Waals surface area contributed by atoms with E-state index in [1.807, 2.05) is 37.3 Å². The van der Waals surface area contributed by atoms with Crippen molar-refractivity contribution in [1.82, 2.24) is 8.87 Å². The lowest BCUT2D eigenvalue weighted by atomic mass is 10.2. The highest BCUT2D eigenvalue weighted by Gasteiger charge is 2.29. The molecule has 0 spiro atoms. The van der Waals surface area contributed by atoms with Gasteiger partial charge in [0, 0.05) is 38.6 Å². The molecule has 3 rings (SSSR count). The molecule has 0 bridgehead atoms. The Morgan fingerprint density at radius 3 is 2.46 bits per heavy atom.